The van der Waals surface area contributed by atoms with Crippen molar-refractivity contribution in [3.05, 3.63) is 17.5 Å². The van der Waals surface area contributed by atoms with E-state index < -0.39 is 12.0 Å². The number of urea groups is 1. The Balaban J connectivity index is 2.03. The number of aromatic nitrogens is 2. The van der Waals surface area contributed by atoms with Gasteiger partial charge in [-0.2, -0.15) is 5.10 Å². The fraction of sp³-hybridized carbons (Fsp3) is 0.615. The molecule has 0 aliphatic carbocycles. The summed E-state index contributed by atoms with van der Waals surface area (Å²) in [5.41, 5.74) is 1.91. The molecule has 1 aromatic heterocycles. The van der Waals surface area contributed by atoms with Gasteiger partial charge < -0.3 is 10.4 Å². The van der Waals surface area contributed by atoms with Gasteiger partial charge in [-0.05, 0) is 13.3 Å². The van der Waals surface area contributed by atoms with Gasteiger partial charge >= 0.3 is 12.0 Å². The first kappa shape index (κ1) is 15.7. The first-order valence-electron chi connectivity index (χ1n) is 6.83. The molecule has 2 amide bonds. The van der Waals surface area contributed by atoms with E-state index in [4.69, 9.17) is 0 Å². The quantitative estimate of drug-likeness (QED) is 0.871. The Kier molecular flexibility index (Phi) is 4.76. The van der Waals surface area contributed by atoms with Crippen molar-refractivity contribution < 1.29 is 14.7 Å². The molecular formula is C13H20N4O3S. The number of hydrogen-bond donors (Lipinski definition) is 2. The molecule has 2 rings (SSSR count). The van der Waals surface area contributed by atoms with Crippen LogP contribution in [-0.4, -0.2) is 49.0 Å². The topological polar surface area (TPSA) is 87.5 Å². The summed E-state index contributed by atoms with van der Waals surface area (Å²) in [6.07, 6.45) is 2.44. The molecule has 0 bridgehead atoms. The molecule has 0 saturated carbocycles. The van der Waals surface area contributed by atoms with Crippen LogP contribution in [0.1, 0.15) is 24.6 Å². The molecule has 2 unspecified atom stereocenters. The van der Waals surface area contributed by atoms with Gasteiger partial charge in [0.25, 0.3) is 0 Å². The first-order chi connectivity index (χ1) is 9.95. The number of hydrogen-bond acceptors (Lipinski definition) is 4. The van der Waals surface area contributed by atoms with E-state index in [2.05, 4.69) is 10.4 Å². The maximum absolute atomic E-state index is 12.3. The summed E-state index contributed by atoms with van der Waals surface area (Å²) < 4.78 is 1.74. The van der Waals surface area contributed by atoms with E-state index in [-0.39, 0.29) is 11.4 Å². The van der Waals surface area contributed by atoms with Gasteiger partial charge in [-0.3, -0.25) is 9.58 Å². The zero-order chi connectivity index (χ0) is 15.6. The zero-order valence-electron chi connectivity index (χ0n) is 12.4. The summed E-state index contributed by atoms with van der Waals surface area (Å²) in [5, 5.41) is 16.1. The molecule has 1 aliphatic heterocycles. The molecule has 8 heteroatoms. The summed E-state index contributed by atoms with van der Waals surface area (Å²) in [6.45, 7) is 4.23. The van der Waals surface area contributed by atoms with Crippen LogP contribution in [0.4, 0.5) is 4.79 Å². The molecule has 21 heavy (non-hydrogen) atoms. The van der Waals surface area contributed by atoms with E-state index in [1.807, 2.05) is 20.9 Å². The number of aliphatic carboxylic acids is 1. The third kappa shape index (κ3) is 3.15. The van der Waals surface area contributed by atoms with Crippen molar-refractivity contribution in [1.29, 1.82) is 0 Å². The van der Waals surface area contributed by atoms with Gasteiger partial charge in [-0.15, -0.1) is 11.8 Å². The van der Waals surface area contributed by atoms with Crippen LogP contribution in [0.5, 0.6) is 0 Å². The predicted molar refractivity (Wildman–Crippen MR) is 80.0 cm³/mol. The summed E-state index contributed by atoms with van der Waals surface area (Å²) in [6, 6.07) is -1.09. The molecule has 7 nitrogen and oxygen atoms in total. The normalized spacial score (nSPS) is 21.6. The van der Waals surface area contributed by atoms with E-state index in [1.54, 1.807) is 10.9 Å². The van der Waals surface area contributed by atoms with Crippen molar-refractivity contribution >= 4 is 23.8 Å². The van der Waals surface area contributed by atoms with E-state index in [9.17, 15) is 14.7 Å². The van der Waals surface area contributed by atoms with Gasteiger partial charge in [0.2, 0.25) is 0 Å². The molecule has 2 atom stereocenters. The number of thioether (sulfide) groups is 1. The molecule has 2 heterocycles. The Bertz CT molecular complexity index is 546. The number of amides is 2. The number of carbonyl (C=O) groups excluding carboxylic acids is 1. The average Bonchev–Trinajstić information content (AvgIpc) is 3.02. The largest absolute Gasteiger partial charge is 0.480 e. The van der Waals surface area contributed by atoms with Crippen molar-refractivity contribution in [3.63, 3.8) is 0 Å². The van der Waals surface area contributed by atoms with Crippen molar-refractivity contribution in [3.8, 4) is 0 Å². The minimum Gasteiger partial charge on any atom is -0.480 e. The average molecular weight is 312 g/mol. The summed E-state index contributed by atoms with van der Waals surface area (Å²) in [5.74, 6) is -0.515. The van der Waals surface area contributed by atoms with Gasteiger partial charge in [0, 0.05) is 30.6 Å². The molecule has 1 aromatic rings. The number of nitrogens with zero attached hydrogens (tertiary/aromatic N) is 3. The fourth-order valence-corrected chi connectivity index (χ4v) is 3.67. The minimum atomic E-state index is -0.953. The molecule has 116 valence electrons. The minimum absolute atomic E-state index is 0.0823. The number of carboxylic acids is 1. The van der Waals surface area contributed by atoms with Crippen molar-refractivity contribution in [2.75, 3.05) is 5.75 Å². The molecule has 0 aromatic carbocycles. The van der Waals surface area contributed by atoms with Crippen LogP contribution in [0.25, 0.3) is 0 Å². The highest BCUT2D eigenvalue weighted by Gasteiger charge is 2.40. The lowest BCUT2D eigenvalue weighted by Crippen LogP contribution is -2.49. The molecule has 0 radical (unpaired) electrons. The number of aryl methyl sites for hydroxylation is 1. The Labute approximate surface area is 127 Å². The summed E-state index contributed by atoms with van der Waals surface area (Å²) in [7, 11) is 1.84. The predicted octanol–water partition coefficient (Wildman–Crippen LogP) is 1.18. The van der Waals surface area contributed by atoms with E-state index in [0.29, 0.717) is 12.3 Å². The van der Waals surface area contributed by atoms with Crippen molar-refractivity contribution in [2.24, 2.45) is 7.05 Å². The second-order valence-electron chi connectivity index (χ2n) is 5.00. The number of nitrogens with one attached hydrogen (secondary N) is 1. The highest BCUT2D eigenvalue weighted by atomic mass is 32.2. The second-order valence-corrected chi connectivity index (χ2v) is 6.21. The molecule has 1 fully saturated rings. The molecular weight excluding hydrogens is 292 g/mol. The van der Waals surface area contributed by atoms with Crippen molar-refractivity contribution in [2.45, 2.75) is 38.2 Å². The van der Waals surface area contributed by atoms with Gasteiger partial charge in [-0.1, -0.05) is 6.92 Å². The van der Waals surface area contributed by atoms with Crippen LogP contribution in [0.2, 0.25) is 0 Å². The lowest BCUT2D eigenvalue weighted by Gasteiger charge is -2.26. The lowest BCUT2D eigenvalue weighted by molar-refractivity contribution is -0.141. The molecule has 2 N–H and O–H groups in total. The first-order valence-corrected chi connectivity index (χ1v) is 7.88. The van der Waals surface area contributed by atoms with Crippen LogP contribution in [-0.2, 0) is 18.4 Å². The fourth-order valence-electron chi connectivity index (χ4n) is 2.32. The van der Waals surface area contributed by atoms with E-state index in [0.717, 1.165) is 17.7 Å². The zero-order valence-corrected chi connectivity index (χ0v) is 13.2. The molecule has 1 aliphatic rings. The van der Waals surface area contributed by atoms with Gasteiger partial charge in [0.05, 0.1) is 11.6 Å². The number of carbonyl (C=O) groups is 2. The van der Waals surface area contributed by atoms with E-state index in [1.165, 1.54) is 16.7 Å². The highest BCUT2D eigenvalue weighted by molar-refractivity contribution is 8.00. The smallest absolute Gasteiger partial charge is 0.327 e. The van der Waals surface area contributed by atoms with Gasteiger partial charge in [0.15, 0.2) is 0 Å². The van der Waals surface area contributed by atoms with Crippen LogP contribution >= 0.6 is 11.8 Å². The van der Waals surface area contributed by atoms with Crippen LogP contribution in [0, 0.1) is 6.92 Å². The SMILES string of the molecule is CCC1SCC(C(=O)O)N1C(=O)NCc1cnn(C)c1C. The molecule has 0 spiro atoms. The Morgan fingerprint density at radius 3 is 2.81 bits per heavy atom. The summed E-state index contributed by atoms with van der Waals surface area (Å²) >= 11 is 1.51. The maximum Gasteiger partial charge on any atom is 0.327 e. The number of rotatable bonds is 4. The summed E-state index contributed by atoms with van der Waals surface area (Å²) in [4.78, 5) is 25.0. The highest BCUT2D eigenvalue weighted by Crippen LogP contribution is 2.31. The Morgan fingerprint density at radius 2 is 2.29 bits per heavy atom. The monoisotopic (exact) mass is 312 g/mol. The Morgan fingerprint density at radius 1 is 1.57 bits per heavy atom. The maximum atomic E-state index is 12.3. The van der Waals surface area contributed by atoms with Gasteiger partial charge in [0.1, 0.15) is 6.04 Å². The van der Waals surface area contributed by atoms with Gasteiger partial charge in [-0.25, -0.2) is 9.59 Å². The number of carboxylic acid groups (broad SMARTS) is 1. The van der Waals surface area contributed by atoms with Crippen LogP contribution in [0.15, 0.2) is 6.20 Å². The lowest BCUT2D eigenvalue weighted by atomic mass is 10.2. The van der Waals surface area contributed by atoms with Crippen molar-refractivity contribution in [1.82, 2.24) is 20.0 Å². The standard InChI is InChI=1S/C13H20N4O3S/c1-4-11-17(10(7-21-11)12(18)19)13(20)14-5-9-6-15-16(3)8(9)2/h6,10-11H,4-5,7H2,1-3H3,(H,14,20)(H,18,19). The van der Waals surface area contributed by atoms with E-state index >= 15 is 0 Å². The third-order valence-corrected chi connectivity index (χ3v) is 5.18. The second kappa shape index (κ2) is 6.38. The Hall–Kier alpha value is -1.70. The van der Waals surface area contributed by atoms with Crippen LogP contribution < -0.4 is 5.32 Å². The molecule has 1 saturated heterocycles. The third-order valence-electron chi connectivity index (χ3n) is 3.73. The van der Waals surface area contributed by atoms with Crippen LogP contribution in [0.3, 0.4) is 0 Å².